The van der Waals surface area contributed by atoms with Crippen molar-refractivity contribution in [1.29, 1.82) is 0 Å². The van der Waals surface area contributed by atoms with Crippen LogP contribution in [0.5, 0.6) is 0 Å². The van der Waals surface area contributed by atoms with Crippen molar-refractivity contribution in [3.8, 4) is 0 Å². The molecule has 2 aromatic rings. The first-order valence-corrected chi connectivity index (χ1v) is 4.98. The fourth-order valence-electron chi connectivity index (χ4n) is 1.08. The van der Waals surface area contributed by atoms with E-state index in [0.717, 1.165) is 6.07 Å². The Bertz CT molecular complexity index is 432. The molecule has 7 heteroatoms. The van der Waals surface area contributed by atoms with Crippen LogP contribution in [-0.4, -0.2) is 14.8 Å². The molecule has 0 aliphatic carbocycles. The SMILES string of the molecule is FC(F)(F)c1ccn(Cc2cscn2)n1. The van der Waals surface area contributed by atoms with E-state index in [2.05, 4.69) is 10.1 Å². The highest BCUT2D eigenvalue weighted by atomic mass is 32.1. The molecule has 0 aliphatic rings. The minimum Gasteiger partial charge on any atom is -0.266 e. The van der Waals surface area contributed by atoms with Crippen molar-refractivity contribution in [2.45, 2.75) is 12.7 Å². The maximum atomic E-state index is 12.2. The van der Waals surface area contributed by atoms with Crippen molar-refractivity contribution < 1.29 is 13.2 Å². The van der Waals surface area contributed by atoms with Crippen molar-refractivity contribution in [2.24, 2.45) is 0 Å². The van der Waals surface area contributed by atoms with Gasteiger partial charge in [0.15, 0.2) is 5.69 Å². The highest BCUT2D eigenvalue weighted by Gasteiger charge is 2.33. The van der Waals surface area contributed by atoms with E-state index >= 15 is 0 Å². The van der Waals surface area contributed by atoms with Crippen molar-refractivity contribution >= 4 is 11.3 Å². The van der Waals surface area contributed by atoms with Gasteiger partial charge < -0.3 is 0 Å². The zero-order valence-electron chi connectivity index (χ0n) is 7.40. The number of hydrogen-bond donors (Lipinski definition) is 0. The molecule has 2 aromatic heterocycles. The molecule has 0 bridgehead atoms. The zero-order chi connectivity index (χ0) is 10.9. The number of hydrogen-bond acceptors (Lipinski definition) is 3. The van der Waals surface area contributed by atoms with E-state index < -0.39 is 11.9 Å². The number of aromatic nitrogens is 3. The Morgan fingerprint density at radius 3 is 2.73 bits per heavy atom. The van der Waals surface area contributed by atoms with E-state index in [4.69, 9.17) is 0 Å². The largest absolute Gasteiger partial charge is 0.435 e. The van der Waals surface area contributed by atoms with Crippen LogP contribution in [0.1, 0.15) is 11.4 Å². The summed E-state index contributed by atoms with van der Waals surface area (Å²) in [4.78, 5) is 3.96. The van der Waals surface area contributed by atoms with Crippen molar-refractivity contribution in [1.82, 2.24) is 14.8 Å². The third-order valence-corrected chi connectivity index (χ3v) is 2.37. The normalized spacial score (nSPS) is 11.9. The fourth-order valence-corrected chi connectivity index (χ4v) is 1.63. The molecule has 0 aromatic carbocycles. The van der Waals surface area contributed by atoms with Gasteiger partial charge in [-0.25, -0.2) is 4.98 Å². The van der Waals surface area contributed by atoms with E-state index in [1.54, 1.807) is 10.9 Å². The van der Waals surface area contributed by atoms with Gasteiger partial charge in [-0.3, -0.25) is 4.68 Å². The highest BCUT2D eigenvalue weighted by molar-refractivity contribution is 7.07. The second-order valence-corrected chi connectivity index (χ2v) is 3.59. The predicted molar refractivity (Wildman–Crippen MR) is 48.4 cm³/mol. The van der Waals surface area contributed by atoms with Gasteiger partial charge in [0, 0.05) is 11.6 Å². The lowest BCUT2D eigenvalue weighted by Crippen LogP contribution is -2.08. The standard InChI is InChI=1S/C8H6F3N3S/c9-8(10,11)7-1-2-14(13-7)3-6-4-15-5-12-6/h1-2,4-5H,3H2. The quantitative estimate of drug-likeness (QED) is 0.797. The van der Waals surface area contributed by atoms with Gasteiger partial charge in [-0.1, -0.05) is 0 Å². The summed E-state index contributed by atoms with van der Waals surface area (Å²) in [7, 11) is 0. The molecule has 0 saturated carbocycles. The van der Waals surface area contributed by atoms with Gasteiger partial charge in [0.25, 0.3) is 0 Å². The Balaban J connectivity index is 2.15. The Morgan fingerprint density at radius 1 is 1.40 bits per heavy atom. The molecule has 0 N–H and O–H groups in total. The first-order chi connectivity index (χ1) is 7.05. The van der Waals surface area contributed by atoms with Crippen molar-refractivity contribution in [3.63, 3.8) is 0 Å². The van der Waals surface area contributed by atoms with E-state index in [1.165, 1.54) is 22.2 Å². The third kappa shape index (κ3) is 2.35. The molecule has 0 atom stereocenters. The number of nitrogens with zero attached hydrogens (tertiary/aromatic N) is 3. The maximum absolute atomic E-state index is 12.2. The minimum absolute atomic E-state index is 0.263. The molecule has 15 heavy (non-hydrogen) atoms. The molecule has 0 amide bonds. The third-order valence-electron chi connectivity index (χ3n) is 1.74. The van der Waals surface area contributed by atoms with Gasteiger partial charge in [0.2, 0.25) is 0 Å². The Hall–Kier alpha value is -1.37. The van der Waals surface area contributed by atoms with Crippen LogP contribution in [0.4, 0.5) is 13.2 Å². The van der Waals surface area contributed by atoms with Gasteiger partial charge in [-0.05, 0) is 6.07 Å². The van der Waals surface area contributed by atoms with E-state index in [0.29, 0.717) is 5.69 Å². The molecule has 2 heterocycles. The lowest BCUT2D eigenvalue weighted by atomic mass is 10.4. The molecular formula is C8H6F3N3S. The lowest BCUT2D eigenvalue weighted by molar-refractivity contribution is -0.141. The van der Waals surface area contributed by atoms with Crippen LogP contribution >= 0.6 is 11.3 Å². The number of rotatable bonds is 2. The second kappa shape index (κ2) is 3.65. The first-order valence-electron chi connectivity index (χ1n) is 4.03. The minimum atomic E-state index is -4.38. The fraction of sp³-hybridized carbons (Fsp3) is 0.250. The Kier molecular flexibility index (Phi) is 2.47. The molecule has 80 valence electrons. The van der Waals surface area contributed by atoms with Crippen LogP contribution in [-0.2, 0) is 12.7 Å². The highest BCUT2D eigenvalue weighted by Crippen LogP contribution is 2.27. The van der Waals surface area contributed by atoms with E-state index in [-0.39, 0.29) is 6.54 Å². The molecule has 2 rings (SSSR count). The van der Waals surface area contributed by atoms with Crippen LogP contribution in [0.3, 0.4) is 0 Å². The topological polar surface area (TPSA) is 30.7 Å². The van der Waals surface area contributed by atoms with Gasteiger partial charge >= 0.3 is 6.18 Å². The van der Waals surface area contributed by atoms with Crippen LogP contribution in [0.2, 0.25) is 0 Å². The summed E-state index contributed by atoms with van der Waals surface area (Å²) in [6, 6.07) is 0.951. The monoisotopic (exact) mass is 233 g/mol. The summed E-state index contributed by atoms with van der Waals surface area (Å²) in [6.45, 7) is 0.263. The van der Waals surface area contributed by atoms with Crippen LogP contribution in [0, 0.1) is 0 Å². The molecule has 0 aliphatic heterocycles. The van der Waals surface area contributed by atoms with Crippen molar-refractivity contribution in [3.05, 3.63) is 34.5 Å². The molecule has 3 nitrogen and oxygen atoms in total. The number of alkyl halides is 3. The maximum Gasteiger partial charge on any atom is 0.435 e. The van der Waals surface area contributed by atoms with Gasteiger partial charge in [0.1, 0.15) is 0 Å². The van der Waals surface area contributed by atoms with Crippen LogP contribution in [0.15, 0.2) is 23.2 Å². The predicted octanol–water partition coefficient (Wildman–Crippen LogP) is 2.41. The average molecular weight is 233 g/mol. The summed E-state index contributed by atoms with van der Waals surface area (Å²) < 4.78 is 37.8. The molecule has 0 fully saturated rings. The summed E-state index contributed by atoms with van der Waals surface area (Å²) in [5.74, 6) is 0. The summed E-state index contributed by atoms with van der Waals surface area (Å²) in [6.07, 6.45) is -3.09. The smallest absolute Gasteiger partial charge is 0.266 e. The summed E-state index contributed by atoms with van der Waals surface area (Å²) in [5, 5.41) is 5.19. The van der Waals surface area contributed by atoms with Crippen molar-refractivity contribution in [2.75, 3.05) is 0 Å². The van der Waals surface area contributed by atoms with Crippen LogP contribution in [0.25, 0.3) is 0 Å². The molecule has 0 radical (unpaired) electrons. The Labute approximate surface area is 87.2 Å². The molecule has 0 spiro atoms. The lowest BCUT2D eigenvalue weighted by Gasteiger charge is -2.01. The van der Waals surface area contributed by atoms with Gasteiger partial charge in [-0.2, -0.15) is 18.3 Å². The molecule has 0 saturated heterocycles. The molecule has 0 unspecified atom stereocenters. The van der Waals surface area contributed by atoms with E-state index in [9.17, 15) is 13.2 Å². The molecular weight excluding hydrogens is 227 g/mol. The summed E-state index contributed by atoms with van der Waals surface area (Å²) >= 11 is 1.40. The second-order valence-electron chi connectivity index (χ2n) is 2.88. The average Bonchev–Trinajstić information content (AvgIpc) is 2.73. The van der Waals surface area contributed by atoms with Gasteiger partial charge in [0.05, 0.1) is 17.7 Å². The number of halogens is 3. The first kappa shape index (κ1) is 10.2. The van der Waals surface area contributed by atoms with Gasteiger partial charge in [-0.15, -0.1) is 11.3 Å². The Morgan fingerprint density at radius 2 is 2.20 bits per heavy atom. The van der Waals surface area contributed by atoms with Crippen LogP contribution < -0.4 is 0 Å². The summed E-state index contributed by atoms with van der Waals surface area (Å²) in [5.41, 5.74) is 1.46. The van der Waals surface area contributed by atoms with E-state index in [1.807, 2.05) is 0 Å². The zero-order valence-corrected chi connectivity index (χ0v) is 8.22. The number of thiazole rings is 1.